The largest absolute Gasteiger partial charge is 0.480 e. The van der Waals surface area contributed by atoms with Crippen LogP contribution >= 0.6 is 0 Å². The molecule has 6 nitrogen and oxygen atoms in total. The maximum atomic E-state index is 13.7. The molecule has 0 aliphatic carbocycles. The first kappa shape index (κ1) is 15.8. The highest BCUT2D eigenvalue weighted by Crippen LogP contribution is 2.30. The zero-order valence-corrected chi connectivity index (χ0v) is 11.8. The van der Waals surface area contributed by atoms with Gasteiger partial charge in [0.2, 0.25) is 10.0 Å². The number of nitrogens with zero attached hydrogens (tertiary/aromatic N) is 1. The summed E-state index contributed by atoms with van der Waals surface area (Å²) < 4.78 is 57.6. The summed E-state index contributed by atoms with van der Waals surface area (Å²) in [5.74, 6) is -3.92. The van der Waals surface area contributed by atoms with Gasteiger partial charge in [-0.25, -0.2) is 17.2 Å². The molecule has 1 aliphatic heterocycles. The van der Waals surface area contributed by atoms with E-state index in [4.69, 9.17) is 9.84 Å². The van der Waals surface area contributed by atoms with Gasteiger partial charge in [-0.3, -0.25) is 4.79 Å². The fourth-order valence-electron chi connectivity index (χ4n) is 2.28. The van der Waals surface area contributed by atoms with Crippen molar-refractivity contribution < 1.29 is 31.8 Å². The predicted octanol–water partition coefficient (Wildman–Crippen LogP) is 0.827. The monoisotopic (exact) mass is 321 g/mol. The van der Waals surface area contributed by atoms with E-state index < -0.39 is 44.7 Å². The molecule has 0 spiro atoms. The summed E-state index contributed by atoms with van der Waals surface area (Å²) >= 11 is 0. The molecule has 1 aromatic rings. The molecule has 2 atom stereocenters. The van der Waals surface area contributed by atoms with E-state index in [-0.39, 0.29) is 13.0 Å². The molecule has 1 N–H and O–H groups in total. The van der Waals surface area contributed by atoms with Crippen LogP contribution in [-0.4, -0.2) is 49.6 Å². The molecule has 116 valence electrons. The van der Waals surface area contributed by atoms with Gasteiger partial charge in [0.25, 0.3) is 0 Å². The highest BCUT2D eigenvalue weighted by molar-refractivity contribution is 7.89. The van der Waals surface area contributed by atoms with Gasteiger partial charge in [-0.05, 0) is 12.1 Å². The van der Waals surface area contributed by atoms with Crippen molar-refractivity contribution in [1.29, 1.82) is 0 Å². The molecule has 0 aromatic heterocycles. The first-order chi connectivity index (χ1) is 9.78. The summed E-state index contributed by atoms with van der Waals surface area (Å²) in [6.45, 7) is -0.274. The van der Waals surface area contributed by atoms with E-state index in [0.717, 1.165) is 18.2 Å². The van der Waals surface area contributed by atoms with Crippen molar-refractivity contribution in [3.8, 4) is 0 Å². The van der Waals surface area contributed by atoms with Crippen molar-refractivity contribution in [3.05, 3.63) is 29.8 Å². The molecule has 2 rings (SSSR count). The van der Waals surface area contributed by atoms with Crippen molar-refractivity contribution in [2.24, 2.45) is 0 Å². The van der Waals surface area contributed by atoms with E-state index in [9.17, 15) is 22.0 Å². The predicted molar refractivity (Wildman–Crippen MR) is 67.1 cm³/mol. The van der Waals surface area contributed by atoms with Gasteiger partial charge in [0.15, 0.2) is 4.90 Å². The standard InChI is InChI=1S/C12H13F2NO5S/c1-20-7-5-10(12(16)17)15(6-7)21(18,19)11-8(13)3-2-4-9(11)14/h2-4,7,10H,5-6H2,1H3,(H,16,17). The lowest BCUT2D eigenvalue weighted by Gasteiger charge is -2.21. The Morgan fingerprint density at radius 1 is 1.38 bits per heavy atom. The second kappa shape index (κ2) is 5.66. The maximum absolute atomic E-state index is 13.7. The molecule has 1 heterocycles. The Balaban J connectivity index is 2.50. The maximum Gasteiger partial charge on any atom is 0.322 e. The Morgan fingerprint density at radius 3 is 2.43 bits per heavy atom. The molecule has 0 saturated carbocycles. The van der Waals surface area contributed by atoms with E-state index in [1.165, 1.54) is 7.11 Å². The summed E-state index contributed by atoms with van der Waals surface area (Å²) in [7, 11) is -3.31. The van der Waals surface area contributed by atoms with Gasteiger partial charge in [-0.15, -0.1) is 0 Å². The third-order valence-corrected chi connectivity index (χ3v) is 5.25. The van der Waals surface area contributed by atoms with Gasteiger partial charge in [0.05, 0.1) is 6.10 Å². The normalized spacial score (nSPS) is 23.4. The van der Waals surface area contributed by atoms with Crippen LogP contribution in [0.15, 0.2) is 23.1 Å². The van der Waals surface area contributed by atoms with Crippen LogP contribution in [0.2, 0.25) is 0 Å². The van der Waals surface area contributed by atoms with Crippen LogP contribution in [0.5, 0.6) is 0 Å². The van der Waals surface area contributed by atoms with Crippen molar-refractivity contribution >= 4 is 16.0 Å². The molecule has 1 fully saturated rings. The van der Waals surface area contributed by atoms with E-state index in [0.29, 0.717) is 4.31 Å². The number of rotatable bonds is 4. The summed E-state index contributed by atoms with van der Waals surface area (Å²) in [6.07, 6.45) is -0.725. The molecule has 21 heavy (non-hydrogen) atoms. The van der Waals surface area contributed by atoms with Crippen molar-refractivity contribution in [3.63, 3.8) is 0 Å². The number of aliphatic carboxylic acids is 1. The SMILES string of the molecule is COC1CC(C(=O)O)N(S(=O)(=O)c2c(F)cccc2F)C1. The van der Waals surface area contributed by atoms with Gasteiger partial charge in [0, 0.05) is 20.1 Å². The van der Waals surface area contributed by atoms with Crippen molar-refractivity contribution in [2.75, 3.05) is 13.7 Å². The molecular weight excluding hydrogens is 308 g/mol. The third kappa shape index (κ3) is 2.76. The van der Waals surface area contributed by atoms with Crippen LogP contribution < -0.4 is 0 Å². The number of carbonyl (C=O) groups is 1. The first-order valence-electron chi connectivity index (χ1n) is 6.00. The number of carboxylic acids is 1. The summed E-state index contributed by atoms with van der Waals surface area (Å²) in [5.41, 5.74) is 0. The third-order valence-electron chi connectivity index (χ3n) is 3.32. The second-order valence-electron chi connectivity index (χ2n) is 4.57. The molecule has 0 amide bonds. The fraction of sp³-hybridized carbons (Fsp3) is 0.417. The number of hydrogen-bond acceptors (Lipinski definition) is 4. The number of carboxylic acid groups (broad SMARTS) is 1. The van der Waals surface area contributed by atoms with Crippen LogP contribution in [-0.2, 0) is 19.6 Å². The van der Waals surface area contributed by atoms with E-state index in [1.807, 2.05) is 0 Å². The van der Waals surface area contributed by atoms with Crippen molar-refractivity contribution in [1.82, 2.24) is 4.31 Å². The molecule has 0 radical (unpaired) electrons. The van der Waals surface area contributed by atoms with Crippen molar-refractivity contribution in [2.45, 2.75) is 23.5 Å². The number of sulfonamides is 1. The highest BCUT2D eigenvalue weighted by Gasteiger charge is 2.45. The Morgan fingerprint density at radius 2 is 1.95 bits per heavy atom. The Labute approximate surface area is 120 Å². The number of benzene rings is 1. The molecular formula is C12H13F2NO5S. The zero-order valence-electron chi connectivity index (χ0n) is 11.0. The van der Waals surface area contributed by atoms with Gasteiger partial charge < -0.3 is 9.84 Å². The minimum Gasteiger partial charge on any atom is -0.480 e. The average Bonchev–Trinajstić information content (AvgIpc) is 2.83. The molecule has 2 unspecified atom stereocenters. The van der Waals surface area contributed by atoms with Crippen LogP contribution in [0.25, 0.3) is 0 Å². The minimum absolute atomic E-state index is 0.0822. The zero-order chi connectivity index (χ0) is 15.8. The van der Waals surface area contributed by atoms with Gasteiger partial charge >= 0.3 is 5.97 Å². The van der Waals surface area contributed by atoms with Crippen LogP contribution in [0.3, 0.4) is 0 Å². The second-order valence-corrected chi connectivity index (χ2v) is 6.40. The Kier molecular flexibility index (Phi) is 4.26. The molecule has 1 aliphatic rings. The molecule has 1 aromatic carbocycles. The Hall–Kier alpha value is -1.58. The van der Waals surface area contributed by atoms with Crippen LogP contribution in [0, 0.1) is 11.6 Å². The topological polar surface area (TPSA) is 83.9 Å². The van der Waals surface area contributed by atoms with Gasteiger partial charge in [-0.1, -0.05) is 6.07 Å². The fourth-order valence-corrected chi connectivity index (χ4v) is 4.01. The average molecular weight is 321 g/mol. The minimum atomic E-state index is -4.61. The number of methoxy groups -OCH3 is 1. The lowest BCUT2D eigenvalue weighted by atomic mass is 10.2. The van der Waals surface area contributed by atoms with Crippen LogP contribution in [0.1, 0.15) is 6.42 Å². The summed E-state index contributed by atoms with van der Waals surface area (Å²) in [5, 5.41) is 9.10. The lowest BCUT2D eigenvalue weighted by molar-refractivity contribution is -0.140. The summed E-state index contributed by atoms with van der Waals surface area (Å²) in [6, 6.07) is 1.21. The molecule has 1 saturated heterocycles. The van der Waals surface area contributed by atoms with Gasteiger partial charge in [0.1, 0.15) is 17.7 Å². The quantitative estimate of drug-likeness (QED) is 0.888. The smallest absolute Gasteiger partial charge is 0.322 e. The number of hydrogen-bond donors (Lipinski definition) is 1. The van der Waals surface area contributed by atoms with E-state index in [1.54, 1.807) is 0 Å². The van der Waals surface area contributed by atoms with Crippen LogP contribution in [0.4, 0.5) is 8.78 Å². The first-order valence-corrected chi connectivity index (χ1v) is 7.44. The lowest BCUT2D eigenvalue weighted by Crippen LogP contribution is -2.41. The number of ether oxygens (including phenoxy) is 1. The molecule has 0 bridgehead atoms. The van der Waals surface area contributed by atoms with Gasteiger partial charge in [-0.2, -0.15) is 4.31 Å². The van der Waals surface area contributed by atoms with E-state index in [2.05, 4.69) is 0 Å². The number of halogens is 2. The summed E-state index contributed by atoms with van der Waals surface area (Å²) in [4.78, 5) is 10.0. The highest BCUT2D eigenvalue weighted by atomic mass is 32.2. The van der Waals surface area contributed by atoms with E-state index >= 15 is 0 Å². The Bertz CT molecular complexity index is 643. The molecule has 9 heteroatoms.